The van der Waals surface area contributed by atoms with Crippen LogP contribution < -0.4 is 20.3 Å². The number of anilines is 1. The van der Waals surface area contributed by atoms with Gasteiger partial charge in [-0.15, -0.1) is 0 Å². The van der Waals surface area contributed by atoms with Gasteiger partial charge in [-0.3, -0.25) is 4.99 Å². The highest BCUT2D eigenvalue weighted by atomic mass is 35.5. The van der Waals surface area contributed by atoms with Crippen molar-refractivity contribution in [1.29, 1.82) is 0 Å². The summed E-state index contributed by atoms with van der Waals surface area (Å²) in [4.78, 5) is 6.75. The fourth-order valence-corrected chi connectivity index (χ4v) is 3.75. The summed E-state index contributed by atoms with van der Waals surface area (Å²) in [6.07, 6.45) is 2.04. The number of nitrogens with one attached hydrogen (secondary N) is 2. The molecule has 150 valence electrons. The first kappa shape index (κ1) is 20.3. The van der Waals surface area contributed by atoms with E-state index >= 15 is 0 Å². The van der Waals surface area contributed by atoms with Crippen LogP contribution in [0.2, 0.25) is 5.02 Å². The molecule has 0 radical (unpaired) electrons. The average Bonchev–Trinajstić information content (AvgIpc) is 3.21. The number of halogens is 1. The molecule has 0 aromatic heterocycles. The van der Waals surface area contributed by atoms with Crippen molar-refractivity contribution in [3.05, 3.63) is 59.1 Å². The molecule has 1 aliphatic heterocycles. The van der Waals surface area contributed by atoms with Gasteiger partial charge in [0, 0.05) is 50.0 Å². The number of aliphatic imine (C=N–C) groups is 1. The van der Waals surface area contributed by atoms with Crippen LogP contribution >= 0.6 is 11.6 Å². The molecule has 6 heteroatoms. The molecule has 1 unspecified atom stereocenters. The Hall–Kier alpha value is -2.40. The van der Waals surface area contributed by atoms with E-state index in [0.717, 1.165) is 54.9 Å². The van der Waals surface area contributed by atoms with Gasteiger partial charge in [-0.1, -0.05) is 35.9 Å². The van der Waals surface area contributed by atoms with E-state index in [4.69, 9.17) is 16.3 Å². The third kappa shape index (κ3) is 5.55. The predicted octanol–water partition coefficient (Wildman–Crippen LogP) is 3.58. The SMILES string of the molecule is CN=C(NCCc1ccccc1Cl)NCC1CCN(c2cccc(OC)c2)C1. The molecule has 1 heterocycles. The van der Waals surface area contributed by atoms with E-state index in [1.807, 2.05) is 37.4 Å². The molecule has 28 heavy (non-hydrogen) atoms. The van der Waals surface area contributed by atoms with E-state index in [1.165, 1.54) is 12.1 Å². The van der Waals surface area contributed by atoms with E-state index in [0.29, 0.717) is 5.92 Å². The molecular weight excluding hydrogens is 372 g/mol. The van der Waals surface area contributed by atoms with Gasteiger partial charge in [0.1, 0.15) is 5.75 Å². The third-order valence-corrected chi connectivity index (χ3v) is 5.50. The topological polar surface area (TPSA) is 48.9 Å². The lowest BCUT2D eigenvalue weighted by molar-refractivity contribution is 0.415. The molecule has 3 rings (SSSR count). The van der Waals surface area contributed by atoms with Crippen molar-refractivity contribution in [2.75, 3.05) is 45.2 Å². The first-order chi connectivity index (χ1) is 13.7. The number of rotatable bonds is 7. The van der Waals surface area contributed by atoms with E-state index in [9.17, 15) is 0 Å². The minimum Gasteiger partial charge on any atom is -0.497 e. The van der Waals surface area contributed by atoms with Gasteiger partial charge >= 0.3 is 0 Å². The Balaban J connectivity index is 1.42. The van der Waals surface area contributed by atoms with Crippen LogP contribution in [0, 0.1) is 5.92 Å². The second kappa shape index (κ2) is 10.2. The van der Waals surface area contributed by atoms with Crippen LogP contribution in [0.25, 0.3) is 0 Å². The van der Waals surface area contributed by atoms with Crippen molar-refractivity contribution in [2.45, 2.75) is 12.8 Å². The van der Waals surface area contributed by atoms with Crippen LogP contribution in [0.3, 0.4) is 0 Å². The second-order valence-electron chi connectivity index (χ2n) is 7.02. The highest BCUT2D eigenvalue weighted by Crippen LogP contribution is 2.26. The van der Waals surface area contributed by atoms with Crippen LogP contribution in [0.5, 0.6) is 5.75 Å². The maximum absolute atomic E-state index is 6.22. The van der Waals surface area contributed by atoms with Crippen molar-refractivity contribution in [3.8, 4) is 5.75 Å². The molecule has 0 bridgehead atoms. The lowest BCUT2D eigenvalue weighted by Gasteiger charge is -2.20. The fourth-order valence-electron chi connectivity index (χ4n) is 3.52. The molecule has 1 atom stereocenters. The summed E-state index contributed by atoms with van der Waals surface area (Å²) >= 11 is 6.22. The van der Waals surface area contributed by atoms with Crippen LogP contribution in [0.15, 0.2) is 53.5 Å². The summed E-state index contributed by atoms with van der Waals surface area (Å²) in [6, 6.07) is 16.2. The normalized spacial score (nSPS) is 16.9. The Morgan fingerprint density at radius 1 is 1.21 bits per heavy atom. The molecule has 1 saturated heterocycles. The van der Waals surface area contributed by atoms with Gasteiger partial charge in [0.2, 0.25) is 0 Å². The largest absolute Gasteiger partial charge is 0.497 e. The fraction of sp³-hybridized carbons (Fsp3) is 0.409. The quantitative estimate of drug-likeness (QED) is 0.551. The van der Waals surface area contributed by atoms with E-state index in [2.05, 4.69) is 38.7 Å². The molecule has 2 N–H and O–H groups in total. The molecular formula is C22H29ClN4O. The Morgan fingerprint density at radius 2 is 2.07 bits per heavy atom. The Morgan fingerprint density at radius 3 is 2.86 bits per heavy atom. The van der Waals surface area contributed by atoms with Crippen molar-refractivity contribution in [3.63, 3.8) is 0 Å². The molecule has 0 aliphatic carbocycles. The lowest BCUT2D eigenvalue weighted by atomic mass is 10.1. The molecule has 5 nitrogen and oxygen atoms in total. The van der Waals surface area contributed by atoms with Crippen molar-refractivity contribution in [1.82, 2.24) is 10.6 Å². The maximum Gasteiger partial charge on any atom is 0.190 e. The van der Waals surface area contributed by atoms with Gasteiger partial charge in [0.05, 0.1) is 7.11 Å². The number of methoxy groups -OCH3 is 1. The minimum atomic E-state index is 0.591. The Bertz CT molecular complexity index is 796. The molecule has 0 spiro atoms. The number of hydrogen-bond acceptors (Lipinski definition) is 3. The van der Waals surface area contributed by atoms with Crippen LogP contribution in [-0.2, 0) is 6.42 Å². The number of benzene rings is 2. The standard InChI is InChI=1S/C22H29ClN4O/c1-24-22(25-12-10-18-6-3-4-9-21(18)23)26-15-17-11-13-27(16-17)19-7-5-8-20(14-19)28-2/h3-9,14,17H,10-13,15-16H2,1-2H3,(H2,24,25,26). The Kier molecular flexibility index (Phi) is 7.43. The highest BCUT2D eigenvalue weighted by molar-refractivity contribution is 6.31. The lowest BCUT2D eigenvalue weighted by Crippen LogP contribution is -2.41. The molecule has 0 amide bonds. The molecule has 1 aliphatic rings. The van der Waals surface area contributed by atoms with Crippen LogP contribution in [0.4, 0.5) is 5.69 Å². The zero-order chi connectivity index (χ0) is 19.8. The number of hydrogen-bond donors (Lipinski definition) is 2. The van der Waals surface area contributed by atoms with Gasteiger partial charge in [0.25, 0.3) is 0 Å². The van der Waals surface area contributed by atoms with Gasteiger partial charge in [-0.25, -0.2) is 0 Å². The van der Waals surface area contributed by atoms with Crippen LogP contribution in [-0.4, -0.2) is 46.3 Å². The molecule has 1 fully saturated rings. The Labute approximate surface area is 172 Å². The zero-order valence-corrected chi connectivity index (χ0v) is 17.4. The number of guanidine groups is 1. The highest BCUT2D eigenvalue weighted by Gasteiger charge is 2.23. The second-order valence-corrected chi connectivity index (χ2v) is 7.43. The third-order valence-electron chi connectivity index (χ3n) is 5.13. The molecule has 2 aromatic carbocycles. The summed E-state index contributed by atoms with van der Waals surface area (Å²) in [5.41, 5.74) is 2.38. The van der Waals surface area contributed by atoms with Crippen molar-refractivity contribution >= 4 is 23.2 Å². The average molecular weight is 401 g/mol. The van der Waals surface area contributed by atoms with E-state index in [1.54, 1.807) is 7.11 Å². The van der Waals surface area contributed by atoms with E-state index < -0.39 is 0 Å². The summed E-state index contributed by atoms with van der Waals surface area (Å²) < 4.78 is 5.34. The van der Waals surface area contributed by atoms with E-state index in [-0.39, 0.29) is 0 Å². The monoisotopic (exact) mass is 400 g/mol. The van der Waals surface area contributed by atoms with Gasteiger partial charge in [-0.2, -0.15) is 0 Å². The van der Waals surface area contributed by atoms with Gasteiger partial charge in [-0.05, 0) is 42.5 Å². The number of ether oxygens (including phenoxy) is 1. The smallest absolute Gasteiger partial charge is 0.190 e. The minimum absolute atomic E-state index is 0.591. The van der Waals surface area contributed by atoms with Gasteiger partial charge < -0.3 is 20.3 Å². The summed E-state index contributed by atoms with van der Waals surface area (Å²) in [7, 11) is 3.52. The predicted molar refractivity (Wildman–Crippen MR) is 118 cm³/mol. The van der Waals surface area contributed by atoms with Gasteiger partial charge in [0.15, 0.2) is 5.96 Å². The zero-order valence-electron chi connectivity index (χ0n) is 16.6. The van der Waals surface area contributed by atoms with Crippen molar-refractivity contribution in [2.24, 2.45) is 10.9 Å². The first-order valence-electron chi connectivity index (χ1n) is 9.76. The number of nitrogens with zero attached hydrogens (tertiary/aromatic N) is 2. The molecule has 2 aromatic rings. The summed E-state index contributed by atoms with van der Waals surface area (Å²) in [5, 5.41) is 7.65. The molecule has 0 saturated carbocycles. The van der Waals surface area contributed by atoms with Crippen molar-refractivity contribution < 1.29 is 4.74 Å². The van der Waals surface area contributed by atoms with Crippen LogP contribution in [0.1, 0.15) is 12.0 Å². The first-order valence-corrected chi connectivity index (χ1v) is 10.1. The summed E-state index contributed by atoms with van der Waals surface area (Å²) in [5.74, 6) is 2.34. The maximum atomic E-state index is 6.22. The summed E-state index contributed by atoms with van der Waals surface area (Å²) in [6.45, 7) is 3.81.